The molecule has 1 aliphatic rings. The van der Waals surface area contributed by atoms with Crippen LogP contribution in [-0.4, -0.2) is 26.6 Å². The summed E-state index contributed by atoms with van der Waals surface area (Å²) >= 11 is 1.55. The second kappa shape index (κ2) is 7.00. The van der Waals surface area contributed by atoms with Crippen molar-refractivity contribution in [2.24, 2.45) is 5.92 Å². The predicted molar refractivity (Wildman–Crippen MR) is 92.6 cm³/mol. The molecule has 2 N–H and O–H groups in total. The number of anilines is 1. The van der Waals surface area contributed by atoms with Crippen LogP contribution in [0.3, 0.4) is 0 Å². The molecule has 2 aromatic rings. The molecule has 0 saturated carbocycles. The highest BCUT2D eigenvalue weighted by Gasteiger charge is 2.22. The average Bonchev–Trinajstić information content (AvgIpc) is 3.01. The summed E-state index contributed by atoms with van der Waals surface area (Å²) in [4.78, 5) is 13.0. The molecule has 0 saturated heterocycles. The average molecular weight is 366 g/mol. The summed E-state index contributed by atoms with van der Waals surface area (Å²) in [5.74, 6) is 1.18. The van der Waals surface area contributed by atoms with E-state index in [1.165, 1.54) is 6.07 Å². The van der Waals surface area contributed by atoms with E-state index in [1.807, 2.05) is 6.92 Å². The van der Waals surface area contributed by atoms with Crippen molar-refractivity contribution in [3.63, 3.8) is 0 Å². The van der Waals surface area contributed by atoms with Gasteiger partial charge in [-0.3, -0.25) is 4.79 Å². The van der Waals surface area contributed by atoms with Gasteiger partial charge in [0.2, 0.25) is 15.9 Å². The molecule has 6 nitrogen and oxygen atoms in total. The van der Waals surface area contributed by atoms with Crippen LogP contribution >= 0.6 is 11.8 Å². The van der Waals surface area contributed by atoms with Crippen LogP contribution in [0.5, 0.6) is 0 Å². The lowest BCUT2D eigenvalue weighted by atomic mass is 10.2. The molecule has 1 aromatic carbocycles. The number of furan rings is 1. The minimum absolute atomic E-state index is 0.0958. The Morgan fingerprint density at radius 3 is 2.96 bits per heavy atom. The summed E-state index contributed by atoms with van der Waals surface area (Å²) in [7, 11) is -3.64. The highest BCUT2D eigenvalue weighted by molar-refractivity contribution is 7.99. The van der Waals surface area contributed by atoms with Gasteiger partial charge in [-0.1, -0.05) is 6.92 Å². The van der Waals surface area contributed by atoms with E-state index < -0.39 is 10.0 Å². The normalized spacial score (nSPS) is 17.9. The Kier molecular flexibility index (Phi) is 4.98. The molecule has 0 unspecified atom stereocenters. The van der Waals surface area contributed by atoms with E-state index in [1.54, 1.807) is 42.3 Å². The number of amides is 1. The van der Waals surface area contributed by atoms with Crippen molar-refractivity contribution in [2.45, 2.75) is 23.1 Å². The predicted octanol–water partition coefficient (Wildman–Crippen LogP) is 2.48. The zero-order valence-corrected chi connectivity index (χ0v) is 14.7. The summed E-state index contributed by atoms with van der Waals surface area (Å²) in [6, 6.07) is 8.36. The van der Waals surface area contributed by atoms with Gasteiger partial charge in [-0.05, 0) is 30.3 Å². The van der Waals surface area contributed by atoms with Crippen LogP contribution in [-0.2, 0) is 21.2 Å². The smallest absolute Gasteiger partial charge is 0.240 e. The Bertz CT molecular complexity index is 832. The molecule has 0 bridgehead atoms. The number of fused-ring (bicyclic) bond motifs is 1. The van der Waals surface area contributed by atoms with Gasteiger partial charge < -0.3 is 9.73 Å². The lowest BCUT2D eigenvalue weighted by Crippen LogP contribution is -2.26. The van der Waals surface area contributed by atoms with Crippen molar-refractivity contribution in [3.8, 4) is 0 Å². The number of nitrogens with one attached hydrogen (secondary N) is 2. The van der Waals surface area contributed by atoms with Crippen LogP contribution in [0, 0.1) is 5.92 Å². The van der Waals surface area contributed by atoms with Crippen LogP contribution in [0.2, 0.25) is 0 Å². The third-order valence-electron chi connectivity index (χ3n) is 3.70. The molecule has 128 valence electrons. The number of hydrogen-bond donors (Lipinski definition) is 2. The molecule has 0 fully saturated rings. The van der Waals surface area contributed by atoms with E-state index in [9.17, 15) is 13.2 Å². The second-order valence-electron chi connectivity index (χ2n) is 5.59. The minimum atomic E-state index is -3.64. The number of carbonyl (C=O) groups excluding carboxylic acids is 1. The molecule has 0 spiro atoms. The molecule has 0 radical (unpaired) electrons. The molecule has 3 rings (SSSR count). The van der Waals surface area contributed by atoms with Crippen LogP contribution in [0.1, 0.15) is 12.7 Å². The fourth-order valence-corrected chi connectivity index (χ4v) is 4.36. The van der Waals surface area contributed by atoms with Gasteiger partial charge in [0, 0.05) is 29.5 Å². The molecule has 1 aromatic heterocycles. The van der Waals surface area contributed by atoms with Crippen LogP contribution in [0.4, 0.5) is 5.69 Å². The van der Waals surface area contributed by atoms with Gasteiger partial charge >= 0.3 is 0 Å². The number of carbonyl (C=O) groups is 1. The first-order valence-electron chi connectivity index (χ1n) is 7.55. The highest BCUT2D eigenvalue weighted by atomic mass is 32.2. The largest absolute Gasteiger partial charge is 0.469 e. The Hall–Kier alpha value is -1.77. The van der Waals surface area contributed by atoms with Gasteiger partial charge in [0.1, 0.15) is 5.76 Å². The molecule has 2 heterocycles. The van der Waals surface area contributed by atoms with E-state index in [2.05, 4.69) is 10.0 Å². The first-order chi connectivity index (χ1) is 11.5. The summed E-state index contributed by atoms with van der Waals surface area (Å²) in [5.41, 5.74) is 0.545. The number of sulfonamides is 1. The monoisotopic (exact) mass is 366 g/mol. The van der Waals surface area contributed by atoms with Crippen molar-refractivity contribution in [3.05, 3.63) is 42.4 Å². The molecule has 1 aliphatic heterocycles. The Morgan fingerprint density at radius 1 is 1.38 bits per heavy atom. The number of rotatable bonds is 5. The highest BCUT2D eigenvalue weighted by Crippen LogP contribution is 2.34. The maximum absolute atomic E-state index is 12.4. The Labute approximate surface area is 145 Å². The quantitative estimate of drug-likeness (QED) is 0.849. The van der Waals surface area contributed by atoms with Gasteiger partial charge in [0.15, 0.2) is 0 Å². The van der Waals surface area contributed by atoms with Crippen molar-refractivity contribution in [1.29, 1.82) is 0 Å². The van der Waals surface area contributed by atoms with Crippen LogP contribution in [0.25, 0.3) is 0 Å². The summed E-state index contributed by atoms with van der Waals surface area (Å²) < 4.78 is 32.6. The van der Waals surface area contributed by atoms with E-state index >= 15 is 0 Å². The molecular formula is C16H18N2O4S2. The van der Waals surface area contributed by atoms with E-state index in [0.717, 1.165) is 10.7 Å². The van der Waals surface area contributed by atoms with Crippen molar-refractivity contribution < 1.29 is 17.6 Å². The van der Waals surface area contributed by atoms with Crippen molar-refractivity contribution in [2.75, 3.05) is 17.6 Å². The minimum Gasteiger partial charge on any atom is -0.469 e. The number of thioether (sulfide) groups is 1. The molecule has 24 heavy (non-hydrogen) atoms. The number of benzene rings is 1. The molecule has 1 atom stereocenters. The summed E-state index contributed by atoms with van der Waals surface area (Å²) in [5, 5.41) is 2.80. The third-order valence-corrected chi connectivity index (χ3v) is 6.49. The van der Waals surface area contributed by atoms with Gasteiger partial charge in [-0.25, -0.2) is 13.1 Å². The summed E-state index contributed by atoms with van der Waals surface area (Å²) in [6.45, 7) is 2.09. The first-order valence-corrected chi connectivity index (χ1v) is 10.0. The van der Waals surface area contributed by atoms with E-state index in [0.29, 0.717) is 17.9 Å². The second-order valence-corrected chi connectivity index (χ2v) is 8.42. The third kappa shape index (κ3) is 3.82. The van der Waals surface area contributed by atoms with Gasteiger partial charge in [-0.2, -0.15) is 0 Å². The molecule has 1 amide bonds. The Morgan fingerprint density at radius 2 is 2.21 bits per heavy atom. The van der Waals surface area contributed by atoms with Crippen LogP contribution < -0.4 is 10.0 Å². The fourth-order valence-electron chi connectivity index (χ4n) is 2.29. The van der Waals surface area contributed by atoms with Gasteiger partial charge in [0.05, 0.1) is 16.8 Å². The Balaban J connectivity index is 1.74. The maximum atomic E-state index is 12.4. The maximum Gasteiger partial charge on any atom is 0.240 e. The van der Waals surface area contributed by atoms with Crippen molar-refractivity contribution >= 4 is 33.4 Å². The zero-order valence-electron chi connectivity index (χ0n) is 13.1. The standard InChI is InChI=1S/C16H18N2O4S2/c1-11-10-23-15-5-4-13(9-14(15)18-16(11)19)24(20,21)17-7-6-12-3-2-8-22-12/h2-5,8-9,11,17H,6-7,10H2,1H3,(H,18,19)/t11-/m1/s1. The van der Waals surface area contributed by atoms with E-state index in [-0.39, 0.29) is 23.3 Å². The van der Waals surface area contributed by atoms with E-state index in [4.69, 9.17) is 4.42 Å². The lowest BCUT2D eigenvalue weighted by molar-refractivity contribution is -0.118. The van der Waals surface area contributed by atoms with Crippen molar-refractivity contribution in [1.82, 2.24) is 4.72 Å². The fraction of sp³-hybridized carbons (Fsp3) is 0.312. The molecule has 8 heteroatoms. The molecule has 0 aliphatic carbocycles. The first kappa shape index (κ1) is 17.1. The SMILES string of the molecule is C[C@@H]1CSc2ccc(S(=O)(=O)NCCc3ccco3)cc2NC1=O. The lowest BCUT2D eigenvalue weighted by Gasteiger charge is -2.10. The van der Waals surface area contributed by atoms with Crippen LogP contribution in [0.15, 0.2) is 50.8 Å². The topological polar surface area (TPSA) is 88.4 Å². The van der Waals surface area contributed by atoms with Gasteiger partial charge in [0.25, 0.3) is 0 Å². The molecular weight excluding hydrogens is 348 g/mol. The van der Waals surface area contributed by atoms with Gasteiger partial charge in [-0.15, -0.1) is 11.8 Å². The summed E-state index contributed by atoms with van der Waals surface area (Å²) in [6.07, 6.45) is 2.03. The zero-order chi connectivity index (χ0) is 17.2. The number of hydrogen-bond acceptors (Lipinski definition) is 5.